The number of amides is 1. The highest BCUT2D eigenvalue weighted by Crippen LogP contribution is 2.24. The third kappa shape index (κ3) is 4.00. The molecule has 4 aromatic rings. The fraction of sp³-hybridized carbons (Fsp3) is 0.304. The summed E-state index contributed by atoms with van der Waals surface area (Å²) < 4.78 is 16.7. The zero-order chi connectivity index (χ0) is 22.8. The molecule has 0 saturated heterocycles. The summed E-state index contributed by atoms with van der Waals surface area (Å²) in [7, 11) is 1.73. The van der Waals surface area contributed by atoms with Crippen LogP contribution in [0.1, 0.15) is 31.9 Å². The number of para-hydroxylation sites is 1. The predicted molar refractivity (Wildman–Crippen MR) is 123 cm³/mol. The Labute approximate surface area is 188 Å². The van der Waals surface area contributed by atoms with Crippen LogP contribution in [0.5, 0.6) is 0 Å². The highest BCUT2D eigenvalue weighted by Gasteiger charge is 2.21. The lowest BCUT2D eigenvalue weighted by Crippen LogP contribution is -2.31. The van der Waals surface area contributed by atoms with Crippen LogP contribution in [0.15, 0.2) is 58.5 Å². The quantitative estimate of drug-likeness (QED) is 0.397. The highest BCUT2D eigenvalue weighted by atomic mass is 32.2. The Morgan fingerprint density at radius 3 is 2.59 bits per heavy atom. The molecule has 2 aromatic heterocycles. The number of hydrogen-bond acceptors (Lipinski definition) is 5. The molecule has 9 heteroatoms. The van der Waals surface area contributed by atoms with Crippen molar-refractivity contribution in [1.29, 1.82) is 0 Å². The van der Waals surface area contributed by atoms with Crippen LogP contribution in [-0.4, -0.2) is 42.8 Å². The summed E-state index contributed by atoms with van der Waals surface area (Å²) in [5.41, 5.74) is 1.48. The van der Waals surface area contributed by atoms with Crippen LogP contribution in [-0.2, 0) is 11.3 Å². The average Bonchev–Trinajstić information content (AvgIpc) is 3.23. The Morgan fingerprint density at radius 2 is 1.88 bits per heavy atom. The van der Waals surface area contributed by atoms with Gasteiger partial charge in [-0.25, -0.2) is 4.39 Å². The number of rotatable bonds is 7. The first-order chi connectivity index (χ1) is 15.4. The van der Waals surface area contributed by atoms with Crippen molar-refractivity contribution in [2.45, 2.75) is 38.0 Å². The van der Waals surface area contributed by atoms with Crippen LogP contribution in [0.4, 0.5) is 4.39 Å². The lowest BCUT2D eigenvalue weighted by Gasteiger charge is -2.25. The lowest BCUT2D eigenvalue weighted by molar-refractivity contribution is -0.128. The first kappa shape index (κ1) is 22.0. The zero-order valence-electron chi connectivity index (χ0n) is 18.2. The number of thioether (sulfide) groups is 1. The maximum atomic E-state index is 13.2. The van der Waals surface area contributed by atoms with E-state index in [1.807, 2.05) is 36.4 Å². The molecule has 0 spiro atoms. The van der Waals surface area contributed by atoms with Gasteiger partial charge in [-0.3, -0.25) is 18.6 Å². The third-order valence-electron chi connectivity index (χ3n) is 5.58. The number of nitrogens with zero attached hydrogens (tertiary/aromatic N) is 5. The summed E-state index contributed by atoms with van der Waals surface area (Å²) >= 11 is 1.28. The van der Waals surface area contributed by atoms with Crippen LogP contribution >= 0.6 is 11.8 Å². The molecule has 0 N–H and O–H groups in total. The second-order valence-corrected chi connectivity index (χ2v) is 8.56. The molecule has 0 bridgehead atoms. The fourth-order valence-corrected chi connectivity index (χ4v) is 4.53. The van der Waals surface area contributed by atoms with Crippen LogP contribution < -0.4 is 5.56 Å². The van der Waals surface area contributed by atoms with Crippen molar-refractivity contribution in [3.63, 3.8) is 0 Å². The molecule has 0 aliphatic carbocycles. The highest BCUT2D eigenvalue weighted by molar-refractivity contribution is 7.99. The second kappa shape index (κ2) is 9.12. The summed E-state index contributed by atoms with van der Waals surface area (Å²) in [5, 5.41) is 9.67. The van der Waals surface area contributed by atoms with Gasteiger partial charge in [0, 0.05) is 13.6 Å². The minimum Gasteiger partial charge on any atom is -0.338 e. The topological polar surface area (TPSA) is 72.5 Å². The van der Waals surface area contributed by atoms with E-state index in [4.69, 9.17) is 0 Å². The van der Waals surface area contributed by atoms with Crippen molar-refractivity contribution in [3.05, 3.63) is 70.3 Å². The Hall–Kier alpha value is -3.20. The van der Waals surface area contributed by atoms with Crippen molar-refractivity contribution in [3.8, 4) is 0 Å². The van der Waals surface area contributed by atoms with Crippen molar-refractivity contribution < 1.29 is 9.18 Å². The van der Waals surface area contributed by atoms with E-state index in [0.29, 0.717) is 28.4 Å². The molecule has 0 aliphatic heterocycles. The van der Waals surface area contributed by atoms with E-state index in [1.54, 1.807) is 34.7 Å². The van der Waals surface area contributed by atoms with Gasteiger partial charge in [0.2, 0.25) is 11.7 Å². The van der Waals surface area contributed by atoms with E-state index in [0.717, 1.165) is 12.0 Å². The maximum Gasteiger partial charge on any atom is 0.262 e. The minimum atomic E-state index is -0.307. The molecule has 1 amide bonds. The van der Waals surface area contributed by atoms with E-state index in [1.165, 1.54) is 23.9 Å². The van der Waals surface area contributed by atoms with E-state index in [2.05, 4.69) is 10.2 Å². The van der Waals surface area contributed by atoms with Gasteiger partial charge in [-0.15, -0.1) is 10.2 Å². The molecule has 7 nitrogen and oxygen atoms in total. The number of carbonyl (C=O) groups excluding carboxylic acids is 1. The molecule has 166 valence electrons. The van der Waals surface area contributed by atoms with Gasteiger partial charge >= 0.3 is 0 Å². The first-order valence-corrected chi connectivity index (χ1v) is 11.4. The minimum absolute atomic E-state index is 0.0882. The molecule has 2 aromatic carbocycles. The van der Waals surface area contributed by atoms with Crippen LogP contribution in [0.3, 0.4) is 0 Å². The Bertz CT molecular complexity index is 1330. The Balaban J connectivity index is 1.61. The molecule has 0 fully saturated rings. The summed E-state index contributed by atoms with van der Waals surface area (Å²) in [5.74, 6) is 0.232. The largest absolute Gasteiger partial charge is 0.338 e. The Kier molecular flexibility index (Phi) is 6.27. The number of hydrogen-bond donors (Lipinski definition) is 0. The number of halogens is 1. The molecule has 2 heterocycles. The van der Waals surface area contributed by atoms with Crippen LogP contribution in [0, 0.1) is 5.82 Å². The van der Waals surface area contributed by atoms with Gasteiger partial charge in [-0.05, 0) is 43.2 Å². The first-order valence-electron chi connectivity index (χ1n) is 10.4. The number of aryl methyl sites for hydroxylation is 1. The molecule has 1 unspecified atom stereocenters. The van der Waals surface area contributed by atoms with Gasteiger partial charge in [0.15, 0.2) is 5.16 Å². The standard InChI is InChI=1S/C23H24FN5O2S/c1-4-13-28-21(31)18-7-5-6-8-19(18)29-22(28)25-26-23(29)32-14-20(30)27(3)15(2)16-9-11-17(24)12-10-16/h5-12,15H,4,13-14H2,1-3H3. The number of aromatic nitrogens is 4. The fourth-order valence-electron chi connectivity index (χ4n) is 3.66. The Morgan fingerprint density at radius 1 is 1.16 bits per heavy atom. The van der Waals surface area contributed by atoms with Crippen molar-refractivity contribution in [2.75, 3.05) is 12.8 Å². The van der Waals surface area contributed by atoms with Gasteiger partial charge in [0.05, 0.1) is 22.7 Å². The van der Waals surface area contributed by atoms with Crippen LogP contribution in [0.25, 0.3) is 16.7 Å². The smallest absolute Gasteiger partial charge is 0.262 e. The van der Waals surface area contributed by atoms with Gasteiger partial charge in [-0.2, -0.15) is 0 Å². The molecular weight excluding hydrogens is 429 g/mol. The second-order valence-electron chi connectivity index (χ2n) is 7.61. The molecule has 1 atom stereocenters. The lowest BCUT2D eigenvalue weighted by atomic mass is 10.1. The van der Waals surface area contributed by atoms with E-state index >= 15 is 0 Å². The van der Waals surface area contributed by atoms with Gasteiger partial charge in [-0.1, -0.05) is 43.0 Å². The van der Waals surface area contributed by atoms with Crippen LogP contribution in [0.2, 0.25) is 0 Å². The number of fused-ring (bicyclic) bond motifs is 3. The zero-order valence-corrected chi connectivity index (χ0v) is 19.0. The van der Waals surface area contributed by atoms with Crippen molar-refractivity contribution >= 4 is 34.3 Å². The van der Waals surface area contributed by atoms with Gasteiger partial charge in [0.25, 0.3) is 5.56 Å². The molecule has 0 aliphatic rings. The molecular formula is C23H24FN5O2S. The average molecular weight is 454 g/mol. The summed E-state index contributed by atoms with van der Waals surface area (Å²) in [6.45, 7) is 4.44. The van der Waals surface area contributed by atoms with Gasteiger partial charge in [0.1, 0.15) is 5.82 Å². The maximum absolute atomic E-state index is 13.2. The van der Waals surface area contributed by atoms with E-state index in [9.17, 15) is 14.0 Å². The number of carbonyl (C=O) groups is 1. The summed E-state index contributed by atoms with van der Waals surface area (Å²) in [4.78, 5) is 27.4. The third-order valence-corrected chi connectivity index (χ3v) is 6.49. The van der Waals surface area contributed by atoms with E-state index < -0.39 is 0 Å². The predicted octanol–water partition coefficient (Wildman–Crippen LogP) is 3.91. The number of benzene rings is 2. The summed E-state index contributed by atoms with van der Waals surface area (Å²) in [6.07, 6.45) is 0.786. The molecule has 32 heavy (non-hydrogen) atoms. The summed E-state index contributed by atoms with van der Waals surface area (Å²) in [6, 6.07) is 13.3. The van der Waals surface area contributed by atoms with Crippen molar-refractivity contribution in [1.82, 2.24) is 24.1 Å². The SMILES string of the molecule is CCCn1c(=O)c2ccccc2n2c(SCC(=O)N(C)C(C)c3ccc(F)cc3)nnc12. The molecule has 0 radical (unpaired) electrons. The van der Waals surface area contributed by atoms with Crippen molar-refractivity contribution in [2.24, 2.45) is 0 Å². The van der Waals surface area contributed by atoms with Gasteiger partial charge < -0.3 is 4.90 Å². The molecule has 0 saturated carbocycles. The van der Waals surface area contributed by atoms with E-state index in [-0.39, 0.29) is 29.1 Å². The molecule has 4 rings (SSSR count). The normalized spacial score (nSPS) is 12.4. The monoisotopic (exact) mass is 453 g/mol.